The van der Waals surface area contributed by atoms with E-state index in [1.807, 2.05) is 0 Å². The first-order valence-corrected chi connectivity index (χ1v) is 9.36. The fraction of sp³-hybridized carbons (Fsp3) is 0.368. The molecule has 4 rings (SSSR count). The van der Waals surface area contributed by atoms with Gasteiger partial charge in [-0.15, -0.1) is 11.3 Å². The van der Waals surface area contributed by atoms with Crippen LogP contribution in [0.5, 0.6) is 0 Å². The van der Waals surface area contributed by atoms with Crippen LogP contribution >= 0.6 is 11.3 Å². The number of aryl methyl sites for hydroxylation is 2. The maximum Gasteiger partial charge on any atom is 0.140 e. The minimum absolute atomic E-state index is 0.997. The summed E-state index contributed by atoms with van der Waals surface area (Å²) in [6, 6.07) is 11.0. The van der Waals surface area contributed by atoms with E-state index in [2.05, 4.69) is 63.9 Å². The highest BCUT2D eigenvalue weighted by Gasteiger charge is 2.21. The van der Waals surface area contributed by atoms with Crippen LogP contribution in [0.1, 0.15) is 17.4 Å². The van der Waals surface area contributed by atoms with Crippen molar-refractivity contribution >= 4 is 33.1 Å². The van der Waals surface area contributed by atoms with Crippen LogP contribution < -0.4 is 9.80 Å². The van der Waals surface area contributed by atoms with Gasteiger partial charge < -0.3 is 9.80 Å². The minimum Gasteiger partial charge on any atom is -0.368 e. The Bertz CT molecular complexity index is 849. The number of rotatable bonds is 3. The van der Waals surface area contributed by atoms with E-state index in [9.17, 15) is 0 Å². The van der Waals surface area contributed by atoms with Gasteiger partial charge >= 0.3 is 0 Å². The van der Waals surface area contributed by atoms with E-state index in [0.29, 0.717) is 0 Å². The topological polar surface area (TPSA) is 32.3 Å². The first-order valence-electron chi connectivity index (χ1n) is 8.54. The zero-order valence-electron chi connectivity index (χ0n) is 14.2. The maximum atomic E-state index is 4.59. The second-order valence-electron chi connectivity index (χ2n) is 6.30. The van der Waals surface area contributed by atoms with Crippen LogP contribution in [-0.2, 0) is 6.42 Å². The van der Waals surface area contributed by atoms with Crippen LogP contribution in [0.15, 0.2) is 36.7 Å². The van der Waals surface area contributed by atoms with Crippen molar-refractivity contribution < 1.29 is 0 Å². The van der Waals surface area contributed by atoms with Gasteiger partial charge in [0.25, 0.3) is 0 Å². The maximum absolute atomic E-state index is 4.59. The largest absolute Gasteiger partial charge is 0.368 e. The normalized spacial score (nSPS) is 15.2. The van der Waals surface area contributed by atoms with E-state index in [-0.39, 0.29) is 0 Å². The molecule has 2 aromatic heterocycles. The molecule has 1 saturated heterocycles. The smallest absolute Gasteiger partial charge is 0.140 e. The van der Waals surface area contributed by atoms with Crippen LogP contribution in [-0.4, -0.2) is 36.1 Å². The van der Waals surface area contributed by atoms with Crippen LogP contribution in [0, 0.1) is 6.92 Å². The fourth-order valence-corrected chi connectivity index (χ4v) is 4.25. The Labute approximate surface area is 146 Å². The molecule has 0 radical (unpaired) electrons. The predicted molar refractivity (Wildman–Crippen MR) is 102 cm³/mol. The van der Waals surface area contributed by atoms with Crippen LogP contribution in [0.4, 0.5) is 11.5 Å². The van der Waals surface area contributed by atoms with Gasteiger partial charge in [0, 0.05) is 36.7 Å². The van der Waals surface area contributed by atoms with Gasteiger partial charge in [0.15, 0.2) is 0 Å². The van der Waals surface area contributed by atoms with Crippen molar-refractivity contribution in [2.45, 2.75) is 20.3 Å². The molecule has 124 valence electrons. The first-order chi connectivity index (χ1) is 11.7. The molecular weight excluding hydrogens is 316 g/mol. The van der Waals surface area contributed by atoms with Gasteiger partial charge in [0.2, 0.25) is 0 Å². The molecule has 5 heteroatoms. The highest BCUT2D eigenvalue weighted by Crippen LogP contribution is 2.31. The molecular formula is C19H22N4S. The lowest BCUT2D eigenvalue weighted by molar-refractivity contribution is 0.649. The van der Waals surface area contributed by atoms with E-state index >= 15 is 0 Å². The predicted octanol–water partition coefficient (Wildman–Crippen LogP) is 3.89. The van der Waals surface area contributed by atoms with Crippen LogP contribution in [0.25, 0.3) is 10.2 Å². The molecule has 24 heavy (non-hydrogen) atoms. The summed E-state index contributed by atoms with van der Waals surface area (Å²) in [6.45, 7) is 8.39. The summed E-state index contributed by atoms with van der Waals surface area (Å²) < 4.78 is 0. The molecule has 1 aromatic carbocycles. The molecule has 0 unspecified atom stereocenters. The van der Waals surface area contributed by atoms with E-state index < -0.39 is 0 Å². The molecule has 3 heterocycles. The Balaban J connectivity index is 1.55. The van der Waals surface area contributed by atoms with Crippen molar-refractivity contribution in [2.75, 3.05) is 36.0 Å². The van der Waals surface area contributed by atoms with Crippen molar-refractivity contribution in [3.05, 3.63) is 47.1 Å². The van der Waals surface area contributed by atoms with E-state index in [0.717, 1.165) is 43.2 Å². The monoisotopic (exact) mass is 338 g/mol. The van der Waals surface area contributed by atoms with Gasteiger partial charge in [0.1, 0.15) is 17.0 Å². The molecule has 0 spiro atoms. The third-order valence-electron chi connectivity index (χ3n) is 4.65. The first kappa shape index (κ1) is 15.4. The number of anilines is 2. The van der Waals surface area contributed by atoms with E-state index in [1.165, 1.54) is 21.5 Å². The quantitative estimate of drug-likeness (QED) is 0.725. The third kappa shape index (κ3) is 2.84. The molecule has 0 N–H and O–H groups in total. The average molecular weight is 338 g/mol. The SMILES string of the molecule is CCc1cc2c(N3CCN(c4cccc(C)c4)CC3)ncnc2s1. The van der Waals surface area contributed by atoms with E-state index in [1.54, 1.807) is 17.7 Å². The second-order valence-corrected chi connectivity index (χ2v) is 7.41. The summed E-state index contributed by atoms with van der Waals surface area (Å²) in [5, 5.41) is 1.21. The second kappa shape index (κ2) is 6.40. The number of hydrogen-bond donors (Lipinski definition) is 0. The zero-order valence-corrected chi connectivity index (χ0v) is 15.0. The molecule has 0 amide bonds. The average Bonchev–Trinajstić information content (AvgIpc) is 3.05. The molecule has 0 aliphatic carbocycles. The van der Waals surface area contributed by atoms with Crippen molar-refractivity contribution in [1.82, 2.24) is 9.97 Å². The summed E-state index contributed by atoms with van der Waals surface area (Å²) in [6.07, 6.45) is 2.77. The molecule has 4 nitrogen and oxygen atoms in total. The van der Waals surface area contributed by atoms with Crippen molar-refractivity contribution in [1.29, 1.82) is 0 Å². The Morgan fingerprint density at radius 3 is 2.58 bits per heavy atom. The lowest BCUT2D eigenvalue weighted by atomic mass is 10.2. The molecule has 1 fully saturated rings. The molecule has 1 aliphatic heterocycles. The van der Waals surface area contributed by atoms with Gasteiger partial charge in [-0.05, 0) is 37.1 Å². The molecule has 0 saturated carbocycles. The van der Waals surface area contributed by atoms with Crippen LogP contribution in [0.3, 0.4) is 0 Å². The zero-order chi connectivity index (χ0) is 16.5. The van der Waals surface area contributed by atoms with Gasteiger partial charge in [-0.3, -0.25) is 0 Å². The fourth-order valence-electron chi connectivity index (χ4n) is 3.32. The van der Waals surface area contributed by atoms with Gasteiger partial charge in [0.05, 0.1) is 5.39 Å². The van der Waals surface area contributed by atoms with Gasteiger partial charge in [-0.1, -0.05) is 19.1 Å². The number of thiophene rings is 1. The molecule has 0 atom stereocenters. The standard InChI is InChI=1S/C19H22N4S/c1-3-16-12-17-18(20-13-21-19(17)24-16)23-9-7-22(8-10-23)15-6-4-5-14(2)11-15/h4-6,11-13H,3,7-10H2,1-2H3. The number of piperazine rings is 1. The lowest BCUT2D eigenvalue weighted by Crippen LogP contribution is -2.46. The van der Waals surface area contributed by atoms with Gasteiger partial charge in [-0.25, -0.2) is 9.97 Å². The number of aromatic nitrogens is 2. The Morgan fingerprint density at radius 1 is 1.04 bits per heavy atom. The molecule has 3 aromatic rings. The number of fused-ring (bicyclic) bond motifs is 1. The van der Waals surface area contributed by atoms with Crippen molar-refractivity contribution in [2.24, 2.45) is 0 Å². The number of benzene rings is 1. The summed E-state index contributed by atoms with van der Waals surface area (Å²) in [5.74, 6) is 1.10. The highest BCUT2D eigenvalue weighted by molar-refractivity contribution is 7.18. The van der Waals surface area contributed by atoms with E-state index in [4.69, 9.17) is 0 Å². The number of hydrogen-bond acceptors (Lipinski definition) is 5. The summed E-state index contributed by atoms with van der Waals surface area (Å²) in [5.41, 5.74) is 2.64. The number of nitrogens with zero attached hydrogens (tertiary/aromatic N) is 4. The third-order valence-corrected chi connectivity index (χ3v) is 5.84. The highest BCUT2D eigenvalue weighted by atomic mass is 32.1. The molecule has 0 bridgehead atoms. The minimum atomic E-state index is 0.997. The Morgan fingerprint density at radius 2 is 1.83 bits per heavy atom. The van der Waals surface area contributed by atoms with Crippen LogP contribution in [0.2, 0.25) is 0 Å². The van der Waals surface area contributed by atoms with Crippen molar-refractivity contribution in [3.8, 4) is 0 Å². The Kier molecular flexibility index (Phi) is 4.10. The summed E-state index contributed by atoms with van der Waals surface area (Å²) in [7, 11) is 0. The Hall–Kier alpha value is -2.14. The van der Waals surface area contributed by atoms with Crippen molar-refractivity contribution in [3.63, 3.8) is 0 Å². The van der Waals surface area contributed by atoms with Gasteiger partial charge in [-0.2, -0.15) is 0 Å². The molecule has 1 aliphatic rings. The summed E-state index contributed by atoms with van der Waals surface area (Å²) in [4.78, 5) is 16.4. The lowest BCUT2D eigenvalue weighted by Gasteiger charge is -2.37. The summed E-state index contributed by atoms with van der Waals surface area (Å²) >= 11 is 1.79.